The third-order valence-electron chi connectivity index (χ3n) is 5.44. The van der Waals surface area contributed by atoms with E-state index in [2.05, 4.69) is 5.32 Å². The van der Waals surface area contributed by atoms with Crippen LogP contribution >= 0.6 is 0 Å². The van der Waals surface area contributed by atoms with Crippen molar-refractivity contribution in [3.05, 3.63) is 71.8 Å². The van der Waals surface area contributed by atoms with E-state index in [1.165, 1.54) is 0 Å². The van der Waals surface area contributed by atoms with Crippen LogP contribution in [0.1, 0.15) is 24.0 Å². The summed E-state index contributed by atoms with van der Waals surface area (Å²) in [7, 11) is 0. The quantitative estimate of drug-likeness (QED) is 0.234. The lowest BCUT2D eigenvalue weighted by molar-refractivity contribution is -0.142. The van der Waals surface area contributed by atoms with Crippen molar-refractivity contribution in [3.8, 4) is 0 Å². The Morgan fingerprint density at radius 2 is 1.45 bits per heavy atom. The molecule has 2 aromatic carbocycles. The first-order chi connectivity index (χ1) is 18.3. The van der Waals surface area contributed by atoms with E-state index in [4.69, 9.17) is 20.9 Å². The highest BCUT2D eigenvalue weighted by atomic mass is 16.6. The lowest BCUT2D eigenvalue weighted by Gasteiger charge is -2.31. The predicted molar refractivity (Wildman–Crippen MR) is 138 cm³/mol. The summed E-state index contributed by atoms with van der Waals surface area (Å²) in [4.78, 5) is 51.1. The Labute approximate surface area is 221 Å². The van der Waals surface area contributed by atoms with Crippen molar-refractivity contribution >= 4 is 24.0 Å². The molecule has 12 nitrogen and oxygen atoms in total. The predicted octanol–water partition coefficient (Wildman–Crippen LogP) is 0.622. The number of nitrogens with one attached hydrogen (secondary N) is 2. The molecule has 0 radical (unpaired) electrons. The van der Waals surface area contributed by atoms with Crippen LogP contribution in [-0.2, 0) is 32.3 Å². The third kappa shape index (κ3) is 10.5. The lowest BCUT2D eigenvalue weighted by atomic mass is 10.1. The van der Waals surface area contributed by atoms with Crippen LogP contribution in [0.15, 0.2) is 60.7 Å². The molecule has 0 spiro atoms. The zero-order valence-electron chi connectivity index (χ0n) is 21.1. The monoisotopic (exact) mass is 529 g/mol. The molecule has 0 aliphatic carbocycles. The topological polar surface area (TPSA) is 186 Å². The van der Waals surface area contributed by atoms with Gasteiger partial charge in [0.2, 0.25) is 5.91 Å². The van der Waals surface area contributed by atoms with Crippen molar-refractivity contribution in [1.82, 2.24) is 15.5 Å². The molecule has 0 saturated carbocycles. The first-order valence-electron chi connectivity index (χ1n) is 12.2. The number of ether oxygens (including phenoxy) is 2. The van der Waals surface area contributed by atoms with Crippen molar-refractivity contribution in [2.24, 2.45) is 11.5 Å². The van der Waals surface area contributed by atoms with E-state index in [1.54, 1.807) is 42.5 Å². The second-order valence-corrected chi connectivity index (χ2v) is 8.31. The van der Waals surface area contributed by atoms with Gasteiger partial charge in [0, 0.05) is 13.1 Å². The number of aliphatic hydroxyl groups excluding tert-OH is 1. The number of hydrogen-bond acceptors (Lipinski definition) is 9. The molecule has 0 bridgehead atoms. The van der Waals surface area contributed by atoms with Gasteiger partial charge in [0.05, 0.1) is 12.6 Å². The number of carbonyl (C=O) groups excluding carboxylic acids is 4. The largest absolute Gasteiger partial charge is 0.445 e. The molecule has 0 aliphatic rings. The molecule has 0 aromatic heterocycles. The smallest absolute Gasteiger partial charge is 0.414 e. The number of rotatable bonds is 14. The number of nitrogens with two attached hydrogens (primary N) is 2. The number of aliphatic hydroxyl groups is 1. The number of nitrogens with zero attached hydrogens (tertiary/aromatic N) is 1. The highest BCUT2D eigenvalue weighted by Gasteiger charge is 2.33. The van der Waals surface area contributed by atoms with E-state index in [-0.39, 0.29) is 32.7 Å². The molecule has 0 unspecified atom stereocenters. The molecular weight excluding hydrogens is 494 g/mol. The Hall–Kier alpha value is -4.00. The summed E-state index contributed by atoms with van der Waals surface area (Å²) in [5.41, 5.74) is 13.0. The SMILES string of the molecule is NCCC[C@H](N)C(=O)N(CCNC(=O)OCc1ccccc1)[C@@H](CO)C(=O)NC(=O)OCc1ccccc1. The number of imide groups is 1. The van der Waals surface area contributed by atoms with Gasteiger partial charge in [-0.05, 0) is 30.5 Å². The van der Waals surface area contributed by atoms with Gasteiger partial charge in [-0.25, -0.2) is 9.59 Å². The Bertz CT molecular complexity index is 1020. The molecule has 2 aromatic rings. The molecule has 0 fully saturated rings. The van der Waals surface area contributed by atoms with Crippen LogP contribution < -0.4 is 22.1 Å². The molecule has 0 saturated heterocycles. The highest BCUT2D eigenvalue weighted by molar-refractivity contribution is 5.97. The van der Waals surface area contributed by atoms with E-state index in [0.29, 0.717) is 18.5 Å². The second kappa shape index (κ2) is 16.7. The minimum absolute atomic E-state index is 0.0477. The zero-order chi connectivity index (χ0) is 27.8. The maximum Gasteiger partial charge on any atom is 0.414 e. The molecule has 0 aliphatic heterocycles. The minimum atomic E-state index is -1.46. The van der Waals surface area contributed by atoms with Crippen LogP contribution in [0.3, 0.4) is 0 Å². The third-order valence-corrected chi connectivity index (χ3v) is 5.44. The van der Waals surface area contributed by atoms with Crippen molar-refractivity contribution < 1.29 is 33.8 Å². The normalized spacial score (nSPS) is 12.1. The molecule has 2 atom stereocenters. The van der Waals surface area contributed by atoms with Gasteiger partial charge in [-0.3, -0.25) is 14.9 Å². The highest BCUT2D eigenvalue weighted by Crippen LogP contribution is 2.07. The first-order valence-corrected chi connectivity index (χ1v) is 12.2. The summed E-state index contributed by atoms with van der Waals surface area (Å²) < 4.78 is 10.2. The number of benzene rings is 2. The van der Waals surface area contributed by atoms with Crippen molar-refractivity contribution in [2.45, 2.75) is 38.1 Å². The Balaban J connectivity index is 1.98. The maximum absolute atomic E-state index is 13.0. The Morgan fingerprint density at radius 3 is 1.97 bits per heavy atom. The van der Waals surface area contributed by atoms with E-state index in [0.717, 1.165) is 10.5 Å². The van der Waals surface area contributed by atoms with Crippen LogP contribution in [0.25, 0.3) is 0 Å². The average Bonchev–Trinajstić information content (AvgIpc) is 2.94. The van der Waals surface area contributed by atoms with E-state index < -0.39 is 42.7 Å². The summed E-state index contributed by atoms with van der Waals surface area (Å²) in [5, 5.41) is 14.5. The van der Waals surface area contributed by atoms with Crippen LogP contribution in [0.4, 0.5) is 9.59 Å². The van der Waals surface area contributed by atoms with Crippen molar-refractivity contribution in [1.29, 1.82) is 0 Å². The fourth-order valence-corrected chi connectivity index (χ4v) is 3.41. The van der Waals surface area contributed by atoms with Crippen LogP contribution in [-0.4, -0.2) is 72.3 Å². The summed E-state index contributed by atoms with van der Waals surface area (Å²) in [6, 6.07) is 15.4. The van der Waals surface area contributed by atoms with Gasteiger partial charge in [0.15, 0.2) is 0 Å². The molecule has 0 heterocycles. The van der Waals surface area contributed by atoms with Gasteiger partial charge in [-0.15, -0.1) is 0 Å². The summed E-state index contributed by atoms with van der Waals surface area (Å²) in [6.45, 7) is -0.811. The maximum atomic E-state index is 13.0. The zero-order valence-corrected chi connectivity index (χ0v) is 21.1. The average molecular weight is 530 g/mol. The standard InChI is InChI=1S/C26H35N5O7/c27-13-7-12-21(28)24(34)31(15-14-29-25(35)37-17-19-8-3-1-4-9-19)22(16-32)23(33)30-26(36)38-18-20-10-5-2-6-11-20/h1-6,8-11,21-22,32H,7,12-18,27-28H2,(H,29,35)(H,30,33,36)/t21-,22-/m0/s1. The van der Waals surface area contributed by atoms with E-state index in [1.807, 2.05) is 23.5 Å². The lowest BCUT2D eigenvalue weighted by Crippen LogP contribution is -2.58. The summed E-state index contributed by atoms with van der Waals surface area (Å²) in [5.74, 6) is -1.61. The van der Waals surface area contributed by atoms with Gasteiger partial charge in [0.1, 0.15) is 19.3 Å². The van der Waals surface area contributed by atoms with Gasteiger partial charge in [-0.2, -0.15) is 0 Å². The summed E-state index contributed by atoms with van der Waals surface area (Å²) in [6.07, 6.45) is -1.06. The van der Waals surface area contributed by atoms with Gasteiger partial charge in [-0.1, -0.05) is 60.7 Å². The number of carbonyl (C=O) groups is 4. The van der Waals surface area contributed by atoms with Gasteiger partial charge in [0.25, 0.3) is 5.91 Å². The molecule has 7 N–H and O–H groups in total. The number of alkyl carbamates (subject to hydrolysis) is 2. The molecule has 2 rings (SSSR count). The Morgan fingerprint density at radius 1 is 0.895 bits per heavy atom. The first kappa shape index (κ1) is 30.2. The van der Waals surface area contributed by atoms with Gasteiger partial charge < -0.3 is 36.3 Å². The number of amides is 4. The van der Waals surface area contributed by atoms with E-state index >= 15 is 0 Å². The van der Waals surface area contributed by atoms with Crippen LogP contribution in [0, 0.1) is 0 Å². The minimum Gasteiger partial charge on any atom is -0.445 e. The molecule has 4 amide bonds. The van der Waals surface area contributed by atoms with Crippen molar-refractivity contribution in [2.75, 3.05) is 26.2 Å². The van der Waals surface area contributed by atoms with Gasteiger partial charge >= 0.3 is 12.2 Å². The van der Waals surface area contributed by atoms with Crippen LogP contribution in [0.5, 0.6) is 0 Å². The fourth-order valence-electron chi connectivity index (χ4n) is 3.41. The van der Waals surface area contributed by atoms with Crippen molar-refractivity contribution in [3.63, 3.8) is 0 Å². The second-order valence-electron chi connectivity index (χ2n) is 8.31. The molecular formula is C26H35N5O7. The molecule has 38 heavy (non-hydrogen) atoms. The summed E-state index contributed by atoms with van der Waals surface area (Å²) >= 11 is 0. The molecule has 12 heteroatoms. The molecule has 206 valence electrons. The Kier molecular flexibility index (Phi) is 13.3. The van der Waals surface area contributed by atoms with E-state index in [9.17, 15) is 24.3 Å². The fraction of sp³-hybridized carbons (Fsp3) is 0.385. The number of hydrogen-bond donors (Lipinski definition) is 5. The van der Waals surface area contributed by atoms with Crippen LogP contribution in [0.2, 0.25) is 0 Å².